The summed E-state index contributed by atoms with van der Waals surface area (Å²) in [5.74, 6) is 0.0282. The standard InChI is InChI=1S/C13H11F3N2OS/c14-13(15,16)5-6-19-12-9(11(17)20)7-8-3-1-2-4-10(8)18-12/h1-4,7H,5-6H2,(H2,17,20). The summed E-state index contributed by atoms with van der Waals surface area (Å²) in [7, 11) is 0. The van der Waals surface area contributed by atoms with E-state index in [1.165, 1.54) is 0 Å². The quantitative estimate of drug-likeness (QED) is 0.881. The summed E-state index contributed by atoms with van der Waals surface area (Å²) < 4.78 is 41.4. The van der Waals surface area contributed by atoms with E-state index >= 15 is 0 Å². The molecule has 0 fully saturated rings. The molecule has 7 heteroatoms. The van der Waals surface area contributed by atoms with Gasteiger partial charge in [0.25, 0.3) is 0 Å². The summed E-state index contributed by atoms with van der Waals surface area (Å²) in [4.78, 5) is 4.19. The van der Waals surface area contributed by atoms with Crippen molar-refractivity contribution in [1.29, 1.82) is 0 Å². The zero-order chi connectivity index (χ0) is 14.8. The highest BCUT2D eigenvalue weighted by Crippen LogP contribution is 2.24. The molecule has 0 amide bonds. The second kappa shape index (κ2) is 5.62. The first-order chi connectivity index (χ1) is 9.37. The second-order valence-corrected chi connectivity index (χ2v) is 4.55. The summed E-state index contributed by atoms with van der Waals surface area (Å²) in [6, 6.07) is 8.79. The molecule has 0 unspecified atom stereocenters. The Hall–Kier alpha value is -1.89. The molecule has 3 nitrogen and oxygen atoms in total. The summed E-state index contributed by atoms with van der Waals surface area (Å²) >= 11 is 4.87. The largest absolute Gasteiger partial charge is 0.477 e. The predicted octanol–water partition coefficient (Wildman–Crippen LogP) is 3.20. The Kier molecular flexibility index (Phi) is 4.08. The maximum Gasteiger partial charge on any atom is 0.392 e. The number of rotatable bonds is 4. The Balaban J connectivity index is 2.30. The van der Waals surface area contributed by atoms with Crippen LogP contribution in [0, 0.1) is 0 Å². The monoisotopic (exact) mass is 300 g/mol. The number of pyridine rings is 1. The van der Waals surface area contributed by atoms with Crippen LogP contribution in [-0.2, 0) is 0 Å². The highest BCUT2D eigenvalue weighted by Gasteiger charge is 2.27. The highest BCUT2D eigenvalue weighted by molar-refractivity contribution is 7.80. The average Bonchev–Trinajstić information content (AvgIpc) is 2.36. The van der Waals surface area contributed by atoms with Crippen molar-refractivity contribution >= 4 is 28.1 Å². The number of halogens is 3. The normalized spacial score (nSPS) is 11.6. The van der Waals surface area contributed by atoms with Gasteiger partial charge in [-0.1, -0.05) is 30.4 Å². The fraction of sp³-hybridized carbons (Fsp3) is 0.231. The fourth-order valence-electron chi connectivity index (χ4n) is 1.65. The van der Waals surface area contributed by atoms with Gasteiger partial charge < -0.3 is 10.5 Å². The molecule has 1 aromatic carbocycles. The Labute approximate surface area is 118 Å². The minimum absolute atomic E-state index is 0.0282. The molecule has 0 radical (unpaired) electrons. The molecular formula is C13H11F3N2OS. The molecule has 0 saturated carbocycles. The van der Waals surface area contributed by atoms with Crippen molar-refractivity contribution in [2.75, 3.05) is 6.61 Å². The zero-order valence-electron chi connectivity index (χ0n) is 10.3. The number of benzene rings is 1. The molecule has 0 spiro atoms. The number of aromatic nitrogens is 1. The molecule has 106 valence electrons. The third-order valence-electron chi connectivity index (χ3n) is 2.58. The fourth-order valence-corrected chi connectivity index (χ4v) is 1.79. The lowest BCUT2D eigenvalue weighted by Crippen LogP contribution is -2.16. The maximum atomic E-state index is 12.1. The molecular weight excluding hydrogens is 289 g/mol. The smallest absolute Gasteiger partial charge is 0.392 e. The minimum atomic E-state index is -4.28. The first kappa shape index (κ1) is 14.5. The first-order valence-corrected chi connectivity index (χ1v) is 6.17. The Morgan fingerprint density at radius 3 is 2.65 bits per heavy atom. The maximum absolute atomic E-state index is 12.1. The van der Waals surface area contributed by atoms with Crippen LogP contribution < -0.4 is 10.5 Å². The van der Waals surface area contributed by atoms with E-state index in [4.69, 9.17) is 22.7 Å². The van der Waals surface area contributed by atoms with E-state index in [0.717, 1.165) is 5.39 Å². The predicted molar refractivity (Wildman–Crippen MR) is 73.8 cm³/mol. The number of alkyl halides is 3. The summed E-state index contributed by atoms with van der Waals surface area (Å²) in [6.45, 7) is -0.523. The number of para-hydroxylation sites is 1. The van der Waals surface area contributed by atoms with E-state index < -0.39 is 19.2 Å². The molecule has 0 aliphatic carbocycles. The molecule has 0 saturated heterocycles. The molecule has 0 bridgehead atoms. The van der Waals surface area contributed by atoms with Gasteiger partial charge in [0, 0.05) is 5.39 Å². The third-order valence-corrected chi connectivity index (χ3v) is 2.80. The SMILES string of the molecule is NC(=S)c1cc2ccccc2nc1OCCC(F)(F)F. The van der Waals surface area contributed by atoms with Crippen molar-refractivity contribution in [3.8, 4) is 5.88 Å². The Morgan fingerprint density at radius 2 is 2.00 bits per heavy atom. The van der Waals surface area contributed by atoms with Gasteiger partial charge in [-0.3, -0.25) is 0 Å². The summed E-state index contributed by atoms with van der Waals surface area (Å²) in [5, 5.41) is 0.790. The van der Waals surface area contributed by atoms with E-state index in [-0.39, 0.29) is 10.9 Å². The average molecular weight is 300 g/mol. The number of nitrogens with zero attached hydrogens (tertiary/aromatic N) is 1. The highest BCUT2D eigenvalue weighted by atomic mass is 32.1. The van der Waals surface area contributed by atoms with Gasteiger partial charge in [-0.2, -0.15) is 13.2 Å². The van der Waals surface area contributed by atoms with Crippen molar-refractivity contribution in [2.45, 2.75) is 12.6 Å². The van der Waals surface area contributed by atoms with Gasteiger partial charge in [-0.25, -0.2) is 4.98 Å². The van der Waals surface area contributed by atoms with Gasteiger partial charge in [-0.05, 0) is 12.1 Å². The summed E-state index contributed by atoms with van der Waals surface area (Å²) in [5.41, 5.74) is 6.49. The lowest BCUT2D eigenvalue weighted by atomic mass is 10.1. The molecule has 2 aromatic rings. The number of ether oxygens (including phenoxy) is 1. The van der Waals surface area contributed by atoms with Crippen molar-refractivity contribution in [3.63, 3.8) is 0 Å². The van der Waals surface area contributed by atoms with Gasteiger partial charge in [0.1, 0.15) is 4.99 Å². The van der Waals surface area contributed by atoms with E-state index in [1.807, 2.05) is 12.1 Å². The molecule has 2 N–H and O–H groups in total. The topological polar surface area (TPSA) is 48.1 Å². The minimum Gasteiger partial charge on any atom is -0.477 e. The summed E-state index contributed by atoms with van der Waals surface area (Å²) in [6.07, 6.45) is -5.33. The van der Waals surface area contributed by atoms with Crippen LogP contribution in [0.25, 0.3) is 10.9 Å². The lowest BCUT2D eigenvalue weighted by molar-refractivity contribution is -0.139. The van der Waals surface area contributed by atoms with Crippen LogP contribution in [0.5, 0.6) is 5.88 Å². The van der Waals surface area contributed by atoms with E-state index in [9.17, 15) is 13.2 Å². The third kappa shape index (κ3) is 3.57. The number of hydrogen-bond acceptors (Lipinski definition) is 3. The van der Waals surface area contributed by atoms with E-state index in [1.54, 1.807) is 18.2 Å². The molecule has 2 rings (SSSR count). The second-order valence-electron chi connectivity index (χ2n) is 4.11. The van der Waals surface area contributed by atoms with E-state index in [0.29, 0.717) is 11.1 Å². The van der Waals surface area contributed by atoms with E-state index in [2.05, 4.69) is 4.98 Å². The first-order valence-electron chi connectivity index (χ1n) is 5.76. The number of thiocarbonyl (C=S) groups is 1. The number of nitrogens with two attached hydrogens (primary N) is 1. The lowest BCUT2D eigenvalue weighted by Gasteiger charge is -2.12. The molecule has 20 heavy (non-hydrogen) atoms. The Morgan fingerprint density at radius 1 is 1.30 bits per heavy atom. The van der Waals surface area contributed by atoms with Crippen LogP contribution in [0.4, 0.5) is 13.2 Å². The molecule has 0 aliphatic heterocycles. The van der Waals surface area contributed by atoms with Crippen molar-refractivity contribution in [3.05, 3.63) is 35.9 Å². The Bertz CT molecular complexity index is 643. The van der Waals surface area contributed by atoms with Gasteiger partial charge in [-0.15, -0.1) is 0 Å². The zero-order valence-corrected chi connectivity index (χ0v) is 11.1. The number of fused-ring (bicyclic) bond motifs is 1. The van der Waals surface area contributed by atoms with Gasteiger partial charge >= 0.3 is 6.18 Å². The van der Waals surface area contributed by atoms with Gasteiger partial charge in [0.2, 0.25) is 5.88 Å². The van der Waals surface area contributed by atoms with Gasteiger partial charge in [0.05, 0.1) is 24.1 Å². The van der Waals surface area contributed by atoms with Crippen LogP contribution in [0.2, 0.25) is 0 Å². The molecule has 1 heterocycles. The molecule has 0 aliphatic rings. The number of hydrogen-bond donors (Lipinski definition) is 1. The van der Waals surface area contributed by atoms with Crippen LogP contribution in [0.3, 0.4) is 0 Å². The van der Waals surface area contributed by atoms with Crippen LogP contribution in [-0.4, -0.2) is 22.8 Å². The van der Waals surface area contributed by atoms with Crippen molar-refractivity contribution in [1.82, 2.24) is 4.98 Å². The molecule has 0 atom stereocenters. The van der Waals surface area contributed by atoms with Crippen LogP contribution in [0.1, 0.15) is 12.0 Å². The van der Waals surface area contributed by atoms with Crippen molar-refractivity contribution in [2.24, 2.45) is 5.73 Å². The van der Waals surface area contributed by atoms with Crippen molar-refractivity contribution < 1.29 is 17.9 Å². The van der Waals surface area contributed by atoms with Gasteiger partial charge in [0.15, 0.2) is 0 Å². The van der Waals surface area contributed by atoms with Crippen LogP contribution >= 0.6 is 12.2 Å². The molecule has 1 aromatic heterocycles. The van der Waals surface area contributed by atoms with Crippen LogP contribution in [0.15, 0.2) is 30.3 Å².